The van der Waals surface area contributed by atoms with Gasteiger partial charge in [-0.3, -0.25) is 0 Å². The Morgan fingerprint density at radius 3 is 2.22 bits per heavy atom. The van der Waals surface area contributed by atoms with E-state index in [0.29, 0.717) is 5.92 Å². The van der Waals surface area contributed by atoms with Crippen LogP contribution in [0.4, 0.5) is 23.0 Å². The van der Waals surface area contributed by atoms with E-state index in [1.165, 1.54) is 33.5 Å². The molecule has 1 fully saturated rings. The van der Waals surface area contributed by atoms with Crippen molar-refractivity contribution < 1.29 is 0 Å². The fraction of sp³-hybridized carbons (Fsp3) is 0.250. The third kappa shape index (κ3) is 2.44. The van der Waals surface area contributed by atoms with Gasteiger partial charge in [0.1, 0.15) is 6.17 Å². The van der Waals surface area contributed by atoms with Gasteiger partial charge in [0.2, 0.25) is 0 Å². The smallest absolute Gasteiger partial charge is 0.178 e. The van der Waals surface area contributed by atoms with E-state index < -0.39 is 0 Å². The fourth-order valence-corrected chi connectivity index (χ4v) is 6.87. The van der Waals surface area contributed by atoms with Crippen molar-refractivity contribution in [2.75, 3.05) is 9.80 Å². The Bertz CT molecular complexity index is 1540. The van der Waals surface area contributed by atoms with Crippen molar-refractivity contribution >= 4 is 23.0 Å². The van der Waals surface area contributed by atoms with E-state index in [0.717, 1.165) is 17.3 Å². The Hall–Kier alpha value is -3.92. The zero-order valence-electron chi connectivity index (χ0n) is 21.2. The predicted molar refractivity (Wildman–Crippen MR) is 147 cm³/mol. The Balaban J connectivity index is 1.50. The molecule has 3 atom stereocenters. The summed E-state index contributed by atoms with van der Waals surface area (Å²) in [4.78, 5) is 14.5. The van der Waals surface area contributed by atoms with Crippen LogP contribution in [0.25, 0.3) is 11.1 Å². The molecule has 36 heavy (non-hydrogen) atoms. The second-order valence-corrected chi connectivity index (χ2v) is 10.9. The van der Waals surface area contributed by atoms with E-state index in [-0.39, 0.29) is 17.0 Å². The van der Waals surface area contributed by atoms with Crippen LogP contribution in [-0.2, 0) is 5.41 Å². The van der Waals surface area contributed by atoms with Crippen LogP contribution in [0.2, 0.25) is 0 Å². The number of hydrogen-bond donors (Lipinski definition) is 0. The van der Waals surface area contributed by atoms with Crippen LogP contribution in [0.15, 0.2) is 97.3 Å². The summed E-state index contributed by atoms with van der Waals surface area (Å²) in [6, 6.07) is 26.3. The maximum atomic E-state index is 4.89. The van der Waals surface area contributed by atoms with Gasteiger partial charge in [-0.1, -0.05) is 94.4 Å². The normalized spacial score (nSPS) is 25.4. The van der Waals surface area contributed by atoms with Gasteiger partial charge < -0.3 is 9.80 Å². The summed E-state index contributed by atoms with van der Waals surface area (Å²) >= 11 is 0. The number of rotatable bonds is 3. The van der Waals surface area contributed by atoms with Crippen LogP contribution in [-0.4, -0.2) is 16.1 Å². The van der Waals surface area contributed by atoms with Crippen molar-refractivity contribution in [3.8, 4) is 11.1 Å². The molecule has 1 aromatic heterocycles. The lowest BCUT2D eigenvalue weighted by Crippen LogP contribution is -2.50. The average molecular weight is 471 g/mol. The molecule has 178 valence electrons. The lowest BCUT2D eigenvalue weighted by molar-refractivity contribution is 0.376. The first-order chi connectivity index (χ1) is 17.4. The van der Waals surface area contributed by atoms with E-state index in [9.17, 15) is 0 Å². The topological polar surface area (TPSA) is 32.3 Å². The third-order valence-electron chi connectivity index (χ3n) is 9.05. The zero-order chi connectivity index (χ0) is 24.8. The Morgan fingerprint density at radius 2 is 1.50 bits per heavy atom. The second kappa shape index (κ2) is 7.07. The minimum absolute atomic E-state index is 0.0119. The Kier molecular flexibility index (Phi) is 4.20. The van der Waals surface area contributed by atoms with Crippen molar-refractivity contribution in [1.29, 1.82) is 0 Å². The third-order valence-corrected chi connectivity index (χ3v) is 9.05. The number of anilines is 4. The number of hydrogen-bond acceptors (Lipinski definition) is 4. The molecular formula is C32H30N4. The van der Waals surface area contributed by atoms with Crippen molar-refractivity contribution in [3.05, 3.63) is 108 Å². The zero-order valence-corrected chi connectivity index (χ0v) is 21.2. The highest BCUT2D eigenvalue weighted by atomic mass is 15.5. The van der Waals surface area contributed by atoms with E-state index in [2.05, 4.69) is 117 Å². The highest BCUT2D eigenvalue weighted by molar-refractivity contribution is 5.92. The molecule has 0 amide bonds. The van der Waals surface area contributed by atoms with Gasteiger partial charge in [-0.15, -0.1) is 0 Å². The van der Waals surface area contributed by atoms with Crippen LogP contribution in [0.5, 0.6) is 0 Å². The maximum absolute atomic E-state index is 4.89. The summed E-state index contributed by atoms with van der Waals surface area (Å²) in [6.07, 6.45) is 3.62. The lowest BCUT2D eigenvalue weighted by atomic mass is 9.80. The molecule has 4 heteroatoms. The van der Waals surface area contributed by atoms with Crippen LogP contribution in [0.1, 0.15) is 44.7 Å². The SMILES string of the molecule is C=C1C2(C)c3ccc(-c4ccccc4C(C)C)cc3N3c4nccnc4N(c4ccccc4)C3C12C. The van der Waals surface area contributed by atoms with Crippen LogP contribution in [0, 0.1) is 5.41 Å². The molecule has 3 heterocycles. The maximum Gasteiger partial charge on any atom is 0.178 e. The van der Waals surface area contributed by atoms with E-state index in [4.69, 9.17) is 9.97 Å². The molecular weight excluding hydrogens is 440 g/mol. The summed E-state index contributed by atoms with van der Waals surface area (Å²) in [7, 11) is 0. The van der Waals surface area contributed by atoms with Gasteiger partial charge >= 0.3 is 0 Å². The molecule has 4 nitrogen and oxygen atoms in total. The molecule has 1 aliphatic carbocycles. The van der Waals surface area contributed by atoms with Crippen molar-refractivity contribution in [2.24, 2.45) is 5.41 Å². The second-order valence-electron chi connectivity index (χ2n) is 10.9. The molecule has 7 rings (SSSR count). The van der Waals surface area contributed by atoms with Crippen molar-refractivity contribution in [3.63, 3.8) is 0 Å². The van der Waals surface area contributed by atoms with Gasteiger partial charge in [-0.2, -0.15) is 0 Å². The van der Waals surface area contributed by atoms with Crippen LogP contribution < -0.4 is 9.80 Å². The molecule has 1 saturated carbocycles. The first-order valence-corrected chi connectivity index (χ1v) is 12.8. The highest BCUT2D eigenvalue weighted by Crippen LogP contribution is 2.77. The first kappa shape index (κ1) is 21.4. The standard InChI is InChI=1S/C32H30N4/c1-20(2)24-13-9-10-14-25(24)22-15-16-26-27(19-22)36-29-28(33-17-18-34-29)35(23-11-7-6-8-12-23)30(36)32(5)21(3)31(26,32)4/h6-20,30H,3H2,1-2,4-5H3. The summed E-state index contributed by atoms with van der Waals surface area (Å²) in [6.45, 7) is 13.9. The number of fused-ring (bicyclic) bond motifs is 8. The monoisotopic (exact) mass is 470 g/mol. The quantitative estimate of drug-likeness (QED) is 0.287. The van der Waals surface area contributed by atoms with E-state index in [1.807, 2.05) is 0 Å². The molecule has 0 saturated heterocycles. The van der Waals surface area contributed by atoms with Crippen LogP contribution >= 0.6 is 0 Å². The largest absolute Gasteiger partial charge is 0.301 e. The Labute approximate surface area is 213 Å². The van der Waals surface area contributed by atoms with Gasteiger partial charge in [0.05, 0.1) is 0 Å². The molecule has 0 radical (unpaired) electrons. The molecule has 0 spiro atoms. The average Bonchev–Trinajstić information content (AvgIpc) is 3.20. The molecule has 0 bridgehead atoms. The molecule has 3 unspecified atom stereocenters. The lowest BCUT2D eigenvalue weighted by Gasteiger charge is -2.43. The van der Waals surface area contributed by atoms with Crippen molar-refractivity contribution in [1.82, 2.24) is 9.97 Å². The predicted octanol–water partition coefficient (Wildman–Crippen LogP) is 7.73. The van der Waals surface area contributed by atoms with Crippen LogP contribution in [0.3, 0.4) is 0 Å². The number of nitrogens with zero attached hydrogens (tertiary/aromatic N) is 4. The number of benzene rings is 3. The number of aromatic nitrogens is 2. The molecule has 3 aromatic carbocycles. The summed E-state index contributed by atoms with van der Waals surface area (Å²) in [5, 5.41) is 0. The molecule has 0 N–H and O–H groups in total. The minimum Gasteiger partial charge on any atom is -0.301 e. The van der Waals surface area contributed by atoms with Gasteiger partial charge in [-0.25, -0.2) is 9.97 Å². The van der Waals surface area contributed by atoms with E-state index in [1.54, 1.807) is 12.4 Å². The minimum atomic E-state index is -0.143. The van der Waals surface area contributed by atoms with Gasteiger partial charge in [-0.05, 0) is 46.4 Å². The van der Waals surface area contributed by atoms with Gasteiger partial charge in [0.15, 0.2) is 11.6 Å². The summed E-state index contributed by atoms with van der Waals surface area (Å²) in [5.74, 6) is 2.25. The fourth-order valence-electron chi connectivity index (χ4n) is 6.87. The van der Waals surface area contributed by atoms with Gasteiger partial charge in [0, 0.05) is 34.6 Å². The van der Waals surface area contributed by atoms with Gasteiger partial charge in [0.25, 0.3) is 0 Å². The first-order valence-electron chi connectivity index (χ1n) is 12.8. The molecule has 3 aliphatic rings. The molecule has 4 aromatic rings. The molecule has 2 aliphatic heterocycles. The summed E-state index contributed by atoms with van der Waals surface area (Å²) < 4.78 is 0. The van der Waals surface area contributed by atoms with E-state index >= 15 is 0 Å². The highest BCUT2D eigenvalue weighted by Gasteiger charge is 2.76. The Morgan fingerprint density at radius 1 is 0.833 bits per heavy atom. The van der Waals surface area contributed by atoms with Crippen molar-refractivity contribution in [2.45, 2.75) is 45.2 Å². The summed E-state index contributed by atoms with van der Waals surface area (Å²) in [5.41, 5.74) is 8.55. The number of para-hydroxylation sites is 1.